The molecule has 5 rings (SSSR count). The standard InChI is InChI=1S/C26H24N4O2S/c1-16-10-12-19(13-11-16)23-22(25-28-24(29-32-25)21-9-6-14-33-21)18(3)30(26(31)27-23)15-20-8-5-4-7-17(20)2/h4-14,23H,15H2,1-3H3,(H,27,31). The first-order valence-electron chi connectivity index (χ1n) is 10.8. The van der Waals surface area contributed by atoms with E-state index in [1.807, 2.05) is 73.8 Å². The summed E-state index contributed by atoms with van der Waals surface area (Å²) in [7, 11) is 0. The Morgan fingerprint density at radius 3 is 2.55 bits per heavy atom. The van der Waals surface area contributed by atoms with Crippen LogP contribution in [0.3, 0.4) is 0 Å². The minimum Gasteiger partial charge on any atom is -0.334 e. The zero-order valence-electron chi connectivity index (χ0n) is 18.7. The summed E-state index contributed by atoms with van der Waals surface area (Å²) in [5, 5.41) is 9.36. The number of hydrogen-bond donors (Lipinski definition) is 1. The fraction of sp³-hybridized carbons (Fsp3) is 0.192. The van der Waals surface area contributed by atoms with Crippen LogP contribution in [0, 0.1) is 13.8 Å². The number of thiophene rings is 1. The molecule has 0 saturated heterocycles. The molecule has 2 amide bonds. The first-order chi connectivity index (χ1) is 16.0. The van der Waals surface area contributed by atoms with Gasteiger partial charge in [-0.15, -0.1) is 11.3 Å². The highest BCUT2D eigenvalue weighted by Gasteiger charge is 2.36. The summed E-state index contributed by atoms with van der Waals surface area (Å²) in [5.74, 6) is 0.960. The highest BCUT2D eigenvalue weighted by atomic mass is 32.1. The largest absolute Gasteiger partial charge is 0.334 e. The highest BCUT2D eigenvalue weighted by molar-refractivity contribution is 7.13. The van der Waals surface area contributed by atoms with Gasteiger partial charge in [-0.1, -0.05) is 65.3 Å². The maximum Gasteiger partial charge on any atom is 0.322 e. The summed E-state index contributed by atoms with van der Waals surface area (Å²) >= 11 is 1.56. The summed E-state index contributed by atoms with van der Waals surface area (Å²) in [6.07, 6.45) is 0. The summed E-state index contributed by atoms with van der Waals surface area (Å²) in [6, 6.07) is 19.6. The number of urea groups is 1. The van der Waals surface area contributed by atoms with E-state index in [1.165, 1.54) is 0 Å². The van der Waals surface area contributed by atoms with Crippen LogP contribution in [0.4, 0.5) is 4.79 Å². The normalized spacial score (nSPS) is 16.3. The van der Waals surface area contributed by atoms with Crippen molar-refractivity contribution < 1.29 is 9.32 Å². The topological polar surface area (TPSA) is 71.3 Å². The third kappa shape index (κ3) is 4.07. The molecule has 2 aromatic heterocycles. The second-order valence-electron chi connectivity index (χ2n) is 8.21. The Bertz CT molecular complexity index is 1320. The van der Waals surface area contributed by atoms with Gasteiger partial charge in [-0.2, -0.15) is 4.98 Å². The fourth-order valence-corrected chi connectivity index (χ4v) is 4.70. The van der Waals surface area contributed by atoms with E-state index in [-0.39, 0.29) is 12.1 Å². The zero-order chi connectivity index (χ0) is 22.9. The van der Waals surface area contributed by atoms with Crippen LogP contribution in [0.15, 0.2) is 76.3 Å². The molecule has 33 heavy (non-hydrogen) atoms. The lowest BCUT2D eigenvalue weighted by Crippen LogP contribution is -2.45. The van der Waals surface area contributed by atoms with E-state index in [2.05, 4.69) is 23.5 Å². The van der Waals surface area contributed by atoms with Gasteiger partial charge in [0.1, 0.15) is 0 Å². The highest BCUT2D eigenvalue weighted by Crippen LogP contribution is 2.38. The van der Waals surface area contributed by atoms with E-state index in [0.717, 1.165) is 38.4 Å². The van der Waals surface area contributed by atoms with Gasteiger partial charge in [-0.25, -0.2) is 4.79 Å². The number of carbonyl (C=O) groups excluding carboxylic acids is 1. The van der Waals surface area contributed by atoms with Crippen LogP contribution < -0.4 is 5.32 Å². The minimum atomic E-state index is -0.386. The molecule has 0 radical (unpaired) electrons. The maximum absolute atomic E-state index is 13.3. The van der Waals surface area contributed by atoms with Crippen LogP contribution in [0.1, 0.15) is 41.1 Å². The van der Waals surface area contributed by atoms with Crippen molar-refractivity contribution in [1.82, 2.24) is 20.4 Å². The predicted octanol–water partition coefficient (Wildman–Crippen LogP) is 6.11. The number of aromatic nitrogens is 2. The summed E-state index contributed by atoms with van der Waals surface area (Å²) in [6.45, 7) is 6.50. The Labute approximate surface area is 196 Å². The van der Waals surface area contributed by atoms with Gasteiger partial charge < -0.3 is 9.84 Å². The number of nitrogens with one attached hydrogen (secondary N) is 1. The van der Waals surface area contributed by atoms with E-state index in [9.17, 15) is 4.79 Å². The molecule has 166 valence electrons. The molecule has 1 aliphatic rings. The van der Waals surface area contributed by atoms with Crippen LogP contribution in [-0.4, -0.2) is 21.1 Å². The van der Waals surface area contributed by atoms with Crippen LogP contribution >= 0.6 is 11.3 Å². The van der Waals surface area contributed by atoms with Gasteiger partial charge in [-0.05, 0) is 48.9 Å². The van der Waals surface area contributed by atoms with E-state index in [0.29, 0.717) is 18.3 Å². The third-order valence-corrected chi connectivity index (χ3v) is 6.86. The Kier molecular flexibility index (Phi) is 5.56. The molecule has 0 aliphatic carbocycles. The lowest BCUT2D eigenvalue weighted by Gasteiger charge is -2.35. The second-order valence-corrected chi connectivity index (χ2v) is 9.15. The number of amides is 2. The maximum atomic E-state index is 13.3. The Balaban J connectivity index is 1.61. The summed E-state index contributed by atoms with van der Waals surface area (Å²) < 4.78 is 5.74. The first-order valence-corrected chi connectivity index (χ1v) is 11.7. The molecule has 4 aromatic rings. The number of benzene rings is 2. The average molecular weight is 457 g/mol. The molecule has 1 atom stereocenters. The molecule has 0 fully saturated rings. The van der Waals surface area contributed by atoms with Crippen molar-refractivity contribution in [3.05, 3.63) is 99.9 Å². The molecule has 7 heteroatoms. The van der Waals surface area contributed by atoms with Gasteiger partial charge in [-0.3, -0.25) is 4.90 Å². The molecule has 1 N–H and O–H groups in total. The number of carbonyl (C=O) groups is 1. The molecule has 6 nitrogen and oxygen atoms in total. The quantitative estimate of drug-likeness (QED) is 0.393. The number of hydrogen-bond acceptors (Lipinski definition) is 5. The molecule has 0 bridgehead atoms. The molecular weight excluding hydrogens is 432 g/mol. The van der Waals surface area contributed by atoms with E-state index in [4.69, 9.17) is 9.51 Å². The van der Waals surface area contributed by atoms with Crippen LogP contribution in [0.5, 0.6) is 0 Å². The molecule has 0 saturated carbocycles. The number of rotatable bonds is 5. The minimum absolute atomic E-state index is 0.150. The van der Waals surface area contributed by atoms with E-state index in [1.54, 1.807) is 16.2 Å². The molecule has 1 aliphatic heterocycles. The van der Waals surface area contributed by atoms with Crippen molar-refractivity contribution in [3.8, 4) is 10.7 Å². The van der Waals surface area contributed by atoms with Crippen molar-refractivity contribution >= 4 is 22.9 Å². The van der Waals surface area contributed by atoms with Crippen LogP contribution in [0.25, 0.3) is 16.3 Å². The van der Waals surface area contributed by atoms with Crippen molar-refractivity contribution in [2.75, 3.05) is 0 Å². The van der Waals surface area contributed by atoms with Crippen LogP contribution in [0.2, 0.25) is 0 Å². The average Bonchev–Trinajstić information content (AvgIpc) is 3.50. The van der Waals surface area contributed by atoms with Crippen molar-refractivity contribution in [1.29, 1.82) is 0 Å². The van der Waals surface area contributed by atoms with Crippen molar-refractivity contribution in [2.24, 2.45) is 0 Å². The Morgan fingerprint density at radius 2 is 1.82 bits per heavy atom. The monoisotopic (exact) mass is 456 g/mol. The smallest absolute Gasteiger partial charge is 0.322 e. The summed E-state index contributed by atoms with van der Waals surface area (Å²) in [5.41, 5.74) is 5.95. The van der Waals surface area contributed by atoms with E-state index < -0.39 is 0 Å². The van der Waals surface area contributed by atoms with Crippen molar-refractivity contribution in [3.63, 3.8) is 0 Å². The van der Waals surface area contributed by atoms with Gasteiger partial charge in [0.25, 0.3) is 5.89 Å². The SMILES string of the molecule is CC1=C(c2nc(-c3cccs3)no2)C(c2ccc(C)cc2)NC(=O)N1Cc1ccccc1C. The van der Waals surface area contributed by atoms with Gasteiger partial charge >= 0.3 is 6.03 Å². The molecule has 0 spiro atoms. The lowest BCUT2D eigenvalue weighted by atomic mass is 9.94. The van der Waals surface area contributed by atoms with Gasteiger partial charge in [0.15, 0.2) is 0 Å². The fourth-order valence-electron chi connectivity index (χ4n) is 4.05. The zero-order valence-corrected chi connectivity index (χ0v) is 19.5. The Hall–Kier alpha value is -3.71. The first kappa shape index (κ1) is 21.2. The molecule has 1 unspecified atom stereocenters. The van der Waals surface area contributed by atoms with Crippen molar-refractivity contribution in [2.45, 2.75) is 33.4 Å². The second kappa shape index (κ2) is 8.67. The number of aryl methyl sites for hydroxylation is 2. The number of allylic oxidation sites excluding steroid dienone is 1. The molecule has 2 aromatic carbocycles. The molecule has 3 heterocycles. The summed E-state index contributed by atoms with van der Waals surface area (Å²) in [4.78, 5) is 20.6. The lowest BCUT2D eigenvalue weighted by molar-refractivity contribution is 0.203. The van der Waals surface area contributed by atoms with Crippen LogP contribution in [-0.2, 0) is 6.54 Å². The van der Waals surface area contributed by atoms with Gasteiger partial charge in [0.2, 0.25) is 5.82 Å². The van der Waals surface area contributed by atoms with Gasteiger partial charge in [0, 0.05) is 5.70 Å². The van der Waals surface area contributed by atoms with E-state index >= 15 is 0 Å². The predicted molar refractivity (Wildman–Crippen MR) is 129 cm³/mol. The number of nitrogens with zero attached hydrogens (tertiary/aromatic N) is 3. The van der Waals surface area contributed by atoms with Gasteiger partial charge in [0.05, 0.1) is 23.0 Å². The Morgan fingerprint density at radius 1 is 1.03 bits per heavy atom. The third-order valence-electron chi connectivity index (χ3n) is 5.99. The molecular formula is C26H24N4O2S.